The minimum absolute atomic E-state index is 0.0111. The molecular formula is C11H20N2O3. The van der Waals surface area contributed by atoms with Crippen LogP contribution in [0.2, 0.25) is 0 Å². The largest absolute Gasteiger partial charge is 0.468 e. The van der Waals surface area contributed by atoms with Gasteiger partial charge in [0.05, 0.1) is 13.7 Å². The van der Waals surface area contributed by atoms with Crippen molar-refractivity contribution < 1.29 is 14.3 Å². The maximum absolute atomic E-state index is 11.7. The molecule has 0 atom stereocenters. The summed E-state index contributed by atoms with van der Waals surface area (Å²) < 4.78 is 4.54. The van der Waals surface area contributed by atoms with Crippen molar-refractivity contribution in [1.82, 2.24) is 10.2 Å². The van der Waals surface area contributed by atoms with E-state index in [0.717, 1.165) is 0 Å². The second-order valence-electron chi connectivity index (χ2n) is 3.61. The standard InChI is InChI=1S/C11H20N2O3/c1-5-6-12-7-10(14)13(9(2)3)8-11(15)16-4/h5,9,12H,1,6-8H2,2-4H3. The molecule has 5 heteroatoms. The Morgan fingerprint density at radius 1 is 1.50 bits per heavy atom. The number of esters is 1. The summed E-state index contributed by atoms with van der Waals surface area (Å²) in [6, 6.07) is -0.0304. The molecule has 0 aliphatic rings. The Morgan fingerprint density at radius 3 is 2.56 bits per heavy atom. The van der Waals surface area contributed by atoms with E-state index in [0.29, 0.717) is 6.54 Å². The first-order chi connectivity index (χ1) is 7.52. The van der Waals surface area contributed by atoms with Gasteiger partial charge in [-0.05, 0) is 13.8 Å². The number of ether oxygens (including phenoxy) is 1. The minimum Gasteiger partial charge on any atom is -0.468 e. The molecule has 1 amide bonds. The van der Waals surface area contributed by atoms with Gasteiger partial charge < -0.3 is 15.0 Å². The molecule has 0 aliphatic carbocycles. The fourth-order valence-corrected chi connectivity index (χ4v) is 1.15. The molecule has 0 rings (SSSR count). The van der Waals surface area contributed by atoms with Gasteiger partial charge in [-0.3, -0.25) is 9.59 Å². The van der Waals surface area contributed by atoms with Crippen LogP contribution in [0.5, 0.6) is 0 Å². The molecule has 0 heterocycles. The van der Waals surface area contributed by atoms with Gasteiger partial charge in [0.1, 0.15) is 6.54 Å². The van der Waals surface area contributed by atoms with Gasteiger partial charge in [0.25, 0.3) is 0 Å². The molecule has 0 saturated heterocycles. The number of nitrogens with zero attached hydrogens (tertiary/aromatic N) is 1. The Hall–Kier alpha value is -1.36. The minimum atomic E-state index is -0.411. The molecule has 0 aromatic rings. The lowest BCUT2D eigenvalue weighted by atomic mass is 10.3. The second kappa shape index (κ2) is 7.87. The van der Waals surface area contributed by atoms with Crippen molar-refractivity contribution in [2.75, 3.05) is 26.7 Å². The van der Waals surface area contributed by atoms with E-state index in [1.807, 2.05) is 13.8 Å². The van der Waals surface area contributed by atoms with Crippen LogP contribution in [0.1, 0.15) is 13.8 Å². The number of rotatable bonds is 7. The predicted molar refractivity (Wildman–Crippen MR) is 61.9 cm³/mol. The lowest BCUT2D eigenvalue weighted by Crippen LogP contribution is -2.45. The summed E-state index contributed by atoms with van der Waals surface area (Å²) in [6.45, 7) is 8.00. The van der Waals surface area contributed by atoms with Crippen LogP contribution in [0.15, 0.2) is 12.7 Å². The third-order valence-corrected chi connectivity index (χ3v) is 2.04. The molecule has 0 bridgehead atoms. The van der Waals surface area contributed by atoms with Gasteiger partial charge in [-0.15, -0.1) is 6.58 Å². The molecule has 0 aromatic carbocycles. The van der Waals surface area contributed by atoms with E-state index in [1.54, 1.807) is 6.08 Å². The maximum Gasteiger partial charge on any atom is 0.325 e. The number of nitrogens with one attached hydrogen (secondary N) is 1. The first kappa shape index (κ1) is 14.6. The van der Waals surface area contributed by atoms with Crippen LogP contribution < -0.4 is 5.32 Å². The SMILES string of the molecule is C=CCNCC(=O)N(CC(=O)OC)C(C)C. The van der Waals surface area contributed by atoms with Gasteiger partial charge >= 0.3 is 5.97 Å². The quantitative estimate of drug-likeness (QED) is 0.383. The third-order valence-electron chi connectivity index (χ3n) is 2.04. The summed E-state index contributed by atoms with van der Waals surface area (Å²) in [6.07, 6.45) is 1.67. The molecule has 1 N–H and O–H groups in total. The molecule has 0 spiro atoms. The van der Waals surface area contributed by atoms with E-state index >= 15 is 0 Å². The van der Waals surface area contributed by atoms with E-state index in [2.05, 4.69) is 16.6 Å². The summed E-state index contributed by atoms with van der Waals surface area (Å²) >= 11 is 0. The lowest BCUT2D eigenvalue weighted by Gasteiger charge is -2.25. The fourth-order valence-electron chi connectivity index (χ4n) is 1.15. The highest BCUT2D eigenvalue weighted by molar-refractivity contribution is 5.83. The number of hydrogen-bond acceptors (Lipinski definition) is 4. The van der Waals surface area contributed by atoms with E-state index in [1.165, 1.54) is 12.0 Å². The van der Waals surface area contributed by atoms with E-state index < -0.39 is 5.97 Å². The zero-order valence-electron chi connectivity index (χ0n) is 10.2. The van der Waals surface area contributed by atoms with Gasteiger partial charge in [-0.25, -0.2) is 0 Å². The summed E-state index contributed by atoms with van der Waals surface area (Å²) in [5.41, 5.74) is 0. The van der Waals surface area contributed by atoms with Crippen molar-refractivity contribution in [3.63, 3.8) is 0 Å². The molecule has 0 unspecified atom stereocenters. The monoisotopic (exact) mass is 228 g/mol. The summed E-state index contributed by atoms with van der Waals surface area (Å²) in [5.74, 6) is -0.534. The average molecular weight is 228 g/mol. The van der Waals surface area contributed by atoms with Gasteiger partial charge in [-0.2, -0.15) is 0 Å². The summed E-state index contributed by atoms with van der Waals surface area (Å²) in [7, 11) is 1.31. The molecular weight excluding hydrogens is 208 g/mol. The van der Waals surface area contributed by atoms with Crippen LogP contribution in [0.4, 0.5) is 0 Å². The highest BCUT2D eigenvalue weighted by Crippen LogP contribution is 1.99. The molecule has 92 valence electrons. The second-order valence-corrected chi connectivity index (χ2v) is 3.61. The number of methoxy groups -OCH3 is 1. The van der Waals surface area contributed by atoms with Crippen molar-refractivity contribution >= 4 is 11.9 Å². The Bertz CT molecular complexity index is 252. The van der Waals surface area contributed by atoms with Crippen LogP contribution >= 0.6 is 0 Å². The lowest BCUT2D eigenvalue weighted by molar-refractivity contribution is -0.147. The number of carbonyl (C=O) groups is 2. The van der Waals surface area contributed by atoms with Crippen LogP contribution in [0, 0.1) is 0 Å². The number of hydrogen-bond donors (Lipinski definition) is 1. The normalized spacial score (nSPS) is 10.0. The summed E-state index contributed by atoms with van der Waals surface area (Å²) in [4.78, 5) is 24.3. The van der Waals surface area contributed by atoms with E-state index in [-0.39, 0.29) is 25.0 Å². The first-order valence-corrected chi connectivity index (χ1v) is 5.20. The van der Waals surface area contributed by atoms with E-state index in [4.69, 9.17) is 0 Å². The maximum atomic E-state index is 11.7. The highest BCUT2D eigenvalue weighted by atomic mass is 16.5. The molecule has 5 nitrogen and oxygen atoms in total. The zero-order valence-corrected chi connectivity index (χ0v) is 10.2. The molecule has 0 radical (unpaired) electrons. The van der Waals surface area contributed by atoms with Crippen LogP contribution in [0.3, 0.4) is 0 Å². The molecule has 0 aromatic heterocycles. The molecule has 0 fully saturated rings. The van der Waals surface area contributed by atoms with Gasteiger partial charge in [-0.1, -0.05) is 6.08 Å². The van der Waals surface area contributed by atoms with Crippen molar-refractivity contribution in [2.45, 2.75) is 19.9 Å². The van der Waals surface area contributed by atoms with Crippen molar-refractivity contribution in [3.8, 4) is 0 Å². The van der Waals surface area contributed by atoms with Crippen molar-refractivity contribution in [1.29, 1.82) is 0 Å². The average Bonchev–Trinajstić information content (AvgIpc) is 2.25. The summed E-state index contributed by atoms with van der Waals surface area (Å²) in [5, 5.41) is 2.90. The first-order valence-electron chi connectivity index (χ1n) is 5.20. The van der Waals surface area contributed by atoms with Crippen molar-refractivity contribution in [3.05, 3.63) is 12.7 Å². The highest BCUT2D eigenvalue weighted by Gasteiger charge is 2.19. The van der Waals surface area contributed by atoms with Crippen LogP contribution in [0.25, 0.3) is 0 Å². The van der Waals surface area contributed by atoms with Crippen molar-refractivity contribution in [2.24, 2.45) is 0 Å². The molecule has 0 aliphatic heterocycles. The Labute approximate surface area is 96.4 Å². The zero-order chi connectivity index (χ0) is 12.6. The number of carbonyl (C=O) groups excluding carboxylic acids is 2. The van der Waals surface area contributed by atoms with E-state index in [9.17, 15) is 9.59 Å². The smallest absolute Gasteiger partial charge is 0.325 e. The van der Waals surface area contributed by atoms with Crippen LogP contribution in [-0.4, -0.2) is 49.6 Å². The topological polar surface area (TPSA) is 58.6 Å². The van der Waals surface area contributed by atoms with Gasteiger partial charge in [0, 0.05) is 12.6 Å². The predicted octanol–water partition coefficient (Wildman–Crippen LogP) is 0.172. The Kier molecular flexibility index (Phi) is 7.20. The van der Waals surface area contributed by atoms with Crippen LogP contribution in [-0.2, 0) is 14.3 Å². The molecule has 16 heavy (non-hydrogen) atoms. The van der Waals surface area contributed by atoms with Gasteiger partial charge in [0.15, 0.2) is 0 Å². The molecule has 0 saturated carbocycles. The third kappa shape index (κ3) is 5.50. The van der Waals surface area contributed by atoms with Gasteiger partial charge in [0.2, 0.25) is 5.91 Å². The number of amides is 1. The Balaban J connectivity index is 4.24. The Morgan fingerprint density at radius 2 is 2.12 bits per heavy atom. The fraction of sp³-hybridized carbons (Fsp3) is 0.636.